The highest BCUT2D eigenvalue weighted by Gasteiger charge is 2.09. The van der Waals surface area contributed by atoms with E-state index in [9.17, 15) is 0 Å². The maximum Gasteiger partial charge on any atom is 0.126 e. The summed E-state index contributed by atoms with van der Waals surface area (Å²) in [5.41, 5.74) is 14.0. The van der Waals surface area contributed by atoms with Crippen molar-refractivity contribution in [3.05, 3.63) is 35.4 Å². The first-order valence-corrected chi connectivity index (χ1v) is 8.41. The number of nitrogens with zero attached hydrogens (tertiary/aromatic N) is 4. The number of rotatable bonds is 10. The molecular weight excluding hydrogens is 300 g/mol. The van der Waals surface area contributed by atoms with Crippen molar-refractivity contribution in [2.45, 2.75) is 12.8 Å². The lowest BCUT2D eigenvalue weighted by molar-refractivity contribution is 0.403. The minimum Gasteiger partial charge on any atom is -0.383 e. The molecule has 4 N–H and O–H groups in total. The maximum absolute atomic E-state index is 6.16. The molecule has 1 aromatic carbocycles. The number of amidine groups is 2. The van der Waals surface area contributed by atoms with Gasteiger partial charge in [-0.05, 0) is 54.1 Å². The zero-order chi connectivity index (χ0) is 17.9. The Morgan fingerprint density at radius 1 is 0.792 bits per heavy atom. The van der Waals surface area contributed by atoms with Gasteiger partial charge in [-0.15, -0.1) is 0 Å². The summed E-state index contributed by atoms with van der Waals surface area (Å²) in [5.74, 6) is 1.05. The van der Waals surface area contributed by atoms with Gasteiger partial charge in [0.15, 0.2) is 0 Å². The third-order valence-electron chi connectivity index (χ3n) is 3.57. The average molecular weight is 332 g/mol. The molecule has 0 heterocycles. The van der Waals surface area contributed by atoms with Gasteiger partial charge in [-0.3, -0.25) is 9.98 Å². The predicted molar refractivity (Wildman–Crippen MR) is 104 cm³/mol. The number of benzene rings is 1. The van der Waals surface area contributed by atoms with Crippen LogP contribution in [0.1, 0.15) is 24.0 Å². The third-order valence-corrected chi connectivity index (χ3v) is 3.57. The molecular formula is C18H32N6. The van der Waals surface area contributed by atoms with E-state index in [1.54, 1.807) is 0 Å². The first-order chi connectivity index (χ1) is 11.4. The molecule has 134 valence electrons. The highest BCUT2D eigenvalue weighted by Crippen LogP contribution is 2.09. The largest absolute Gasteiger partial charge is 0.383 e. The molecule has 0 fully saturated rings. The first kappa shape index (κ1) is 20.1. The zero-order valence-corrected chi connectivity index (χ0v) is 15.5. The van der Waals surface area contributed by atoms with Gasteiger partial charge in [0.2, 0.25) is 0 Å². The summed E-state index contributed by atoms with van der Waals surface area (Å²) in [7, 11) is 8.21. The zero-order valence-electron chi connectivity index (χ0n) is 15.5. The van der Waals surface area contributed by atoms with Gasteiger partial charge in [0.25, 0.3) is 0 Å². The van der Waals surface area contributed by atoms with Gasteiger partial charge in [-0.1, -0.05) is 24.3 Å². The van der Waals surface area contributed by atoms with E-state index < -0.39 is 0 Å². The highest BCUT2D eigenvalue weighted by molar-refractivity contribution is 6.10. The Morgan fingerprint density at radius 2 is 1.17 bits per heavy atom. The maximum atomic E-state index is 6.16. The van der Waals surface area contributed by atoms with Crippen LogP contribution in [0.5, 0.6) is 0 Å². The van der Waals surface area contributed by atoms with E-state index >= 15 is 0 Å². The summed E-state index contributed by atoms with van der Waals surface area (Å²) in [6.07, 6.45) is 1.95. The second-order valence-corrected chi connectivity index (χ2v) is 6.39. The molecule has 1 aromatic rings. The molecule has 0 saturated carbocycles. The molecule has 0 aliphatic rings. The van der Waals surface area contributed by atoms with Crippen molar-refractivity contribution in [2.24, 2.45) is 21.5 Å². The van der Waals surface area contributed by atoms with Crippen molar-refractivity contribution in [1.29, 1.82) is 0 Å². The van der Waals surface area contributed by atoms with E-state index in [1.165, 1.54) is 0 Å². The standard InChI is InChI=1S/C18H32N6/c1-23(2)13-7-11-21-17(19)15-9-5-6-10-16(15)18(20)22-12-8-14-24(3)4/h5-6,9-10H,7-8,11-14H2,1-4H3,(H2,19,21)(H2,20,22). The Bertz CT molecular complexity index is 499. The number of aliphatic imine (C=N–C) groups is 2. The molecule has 1 rings (SSSR count). The van der Waals surface area contributed by atoms with Crippen LogP contribution in [0, 0.1) is 0 Å². The minimum atomic E-state index is 0.524. The monoisotopic (exact) mass is 332 g/mol. The Balaban J connectivity index is 2.75. The SMILES string of the molecule is CN(C)CCCN=C(N)c1ccccc1C(N)=NCCCN(C)C. The van der Waals surface area contributed by atoms with Gasteiger partial charge < -0.3 is 21.3 Å². The molecule has 6 nitrogen and oxygen atoms in total. The smallest absolute Gasteiger partial charge is 0.126 e. The lowest BCUT2D eigenvalue weighted by Crippen LogP contribution is -2.23. The van der Waals surface area contributed by atoms with Gasteiger partial charge in [0.05, 0.1) is 0 Å². The molecule has 24 heavy (non-hydrogen) atoms. The van der Waals surface area contributed by atoms with E-state index in [-0.39, 0.29) is 0 Å². The number of hydrogen-bond acceptors (Lipinski definition) is 4. The summed E-state index contributed by atoms with van der Waals surface area (Å²) in [5, 5.41) is 0. The lowest BCUT2D eigenvalue weighted by Gasteiger charge is -2.11. The molecule has 0 atom stereocenters. The second kappa shape index (κ2) is 10.8. The van der Waals surface area contributed by atoms with Gasteiger partial charge >= 0.3 is 0 Å². The van der Waals surface area contributed by atoms with E-state index in [4.69, 9.17) is 11.5 Å². The summed E-state index contributed by atoms with van der Waals surface area (Å²) in [4.78, 5) is 13.2. The van der Waals surface area contributed by atoms with E-state index in [0.29, 0.717) is 24.8 Å². The third kappa shape index (κ3) is 7.57. The van der Waals surface area contributed by atoms with Crippen LogP contribution in [-0.4, -0.2) is 75.8 Å². The highest BCUT2D eigenvalue weighted by atomic mass is 15.1. The molecule has 0 aliphatic heterocycles. The summed E-state index contributed by atoms with van der Waals surface area (Å²) in [6, 6.07) is 7.78. The Kier molecular flexibility index (Phi) is 9.04. The van der Waals surface area contributed by atoms with E-state index in [2.05, 4.69) is 48.0 Å². The van der Waals surface area contributed by atoms with Crippen LogP contribution < -0.4 is 11.5 Å². The van der Waals surface area contributed by atoms with Crippen molar-refractivity contribution in [3.8, 4) is 0 Å². The van der Waals surface area contributed by atoms with Crippen LogP contribution in [0.4, 0.5) is 0 Å². The number of nitrogens with two attached hydrogens (primary N) is 2. The van der Waals surface area contributed by atoms with Gasteiger partial charge in [-0.25, -0.2) is 0 Å². The summed E-state index contributed by atoms with van der Waals surface area (Å²) >= 11 is 0. The van der Waals surface area contributed by atoms with Crippen molar-refractivity contribution in [2.75, 3.05) is 54.4 Å². The Morgan fingerprint density at radius 3 is 1.50 bits per heavy atom. The van der Waals surface area contributed by atoms with Crippen LogP contribution >= 0.6 is 0 Å². The summed E-state index contributed by atoms with van der Waals surface area (Å²) in [6.45, 7) is 3.40. The fourth-order valence-electron chi connectivity index (χ4n) is 2.27. The Labute approximate surface area is 146 Å². The van der Waals surface area contributed by atoms with Crippen molar-refractivity contribution in [3.63, 3.8) is 0 Å². The minimum absolute atomic E-state index is 0.524. The normalized spacial score (nSPS) is 13.1. The van der Waals surface area contributed by atoms with Crippen LogP contribution in [-0.2, 0) is 0 Å². The average Bonchev–Trinajstić information content (AvgIpc) is 2.54. The van der Waals surface area contributed by atoms with Crippen LogP contribution in [0.3, 0.4) is 0 Å². The van der Waals surface area contributed by atoms with Crippen LogP contribution in [0.25, 0.3) is 0 Å². The quantitative estimate of drug-likeness (QED) is 0.380. The fourth-order valence-corrected chi connectivity index (χ4v) is 2.27. The van der Waals surface area contributed by atoms with Crippen LogP contribution in [0.2, 0.25) is 0 Å². The van der Waals surface area contributed by atoms with Crippen molar-refractivity contribution in [1.82, 2.24) is 9.80 Å². The van der Waals surface area contributed by atoms with E-state index in [0.717, 1.165) is 37.1 Å². The summed E-state index contributed by atoms with van der Waals surface area (Å²) < 4.78 is 0. The molecule has 0 aliphatic carbocycles. The first-order valence-electron chi connectivity index (χ1n) is 8.41. The Hall–Kier alpha value is -1.92. The molecule has 0 radical (unpaired) electrons. The molecule has 6 heteroatoms. The van der Waals surface area contributed by atoms with Crippen molar-refractivity contribution < 1.29 is 0 Å². The second-order valence-electron chi connectivity index (χ2n) is 6.39. The van der Waals surface area contributed by atoms with Crippen molar-refractivity contribution >= 4 is 11.7 Å². The lowest BCUT2D eigenvalue weighted by atomic mass is 10.1. The molecule has 0 aromatic heterocycles. The number of hydrogen-bond donors (Lipinski definition) is 2. The van der Waals surface area contributed by atoms with Gasteiger partial charge in [0.1, 0.15) is 11.7 Å². The molecule has 0 spiro atoms. The molecule has 0 unspecified atom stereocenters. The van der Waals surface area contributed by atoms with Crippen LogP contribution in [0.15, 0.2) is 34.3 Å². The molecule has 0 amide bonds. The molecule has 0 bridgehead atoms. The topological polar surface area (TPSA) is 83.2 Å². The van der Waals surface area contributed by atoms with E-state index in [1.807, 2.05) is 24.3 Å². The fraction of sp³-hybridized carbons (Fsp3) is 0.556. The van der Waals surface area contributed by atoms with Gasteiger partial charge in [0, 0.05) is 24.2 Å². The molecule has 0 saturated heterocycles. The van der Waals surface area contributed by atoms with Gasteiger partial charge in [-0.2, -0.15) is 0 Å². The predicted octanol–water partition coefficient (Wildman–Crippen LogP) is 1.00.